The van der Waals surface area contributed by atoms with Gasteiger partial charge in [-0.05, 0) is 32.2 Å². The van der Waals surface area contributed by atoms with E-state index in [1.54, 1.807) is 0 Å². The summed E-state index contributed by atoms with van der Waals surface area (Å²) >= 11 is 0. The third-order valence-electron chi connectivity index (χ3n) is 4.21. The van der Waals surface area contributed by atoms with E-state index >= 15 is 0 Å². The molecule has 1 saturated heterocycles. The summed E-state index contributed by atoms with van der Waals surface area (Å²) in [7, 11) is 2.17. The molecule has 2 atom stereocenters. The van der Waals surface area contributed by atoms with Gasteiger partial charge >= 0.3 is 0 Å². The first-order chi connectivity index (χ1) is 8.54. The third kappa shape index (κ3) is 2.86. The molecule has 1 saturated carbocycles. The van der Waals surface area contributed by atoms with Gasteiger partial charge in [0.25, 0.3) is 0 Å². The number of carbonyl (C=O) groups is 1. The molecule has 0 spiro atoms. The fourth-order valence-electron chi connectivity index (χ4n) is 2.75. The molecule has 2 fully saturated rings. The minimum Gasteiger partial charge on any atom is -0.325 e. The summed E-state index contributed by atoms with van der Waals surface area (Å²) in [6.45, 7) is 8.23. The van der Waals surface area contributed by atoms with Crippen LogP contribution in [0.15, 0.2) is 0 Å². The summed E-state index contributed by atoms with van der Waals surface area (Å²) in [6, 6.07) is 0.790. The Labute approximate surface area is 111 Å². The summed E-state index contributed by atoms with van der Waals surface area (Å²) in [4.78, 5) is 16.8. The highest BCUT2D eigenvalue weighted by Gasteiger charge is 2.39. The highest BCUT2D eigenvalue weighted by atomic mass is 16.2. The molecular formula is C14H27N3O. The Kier molecular flexibility index (Phi) is 4.28. The first-order valence-electron chi connectivity index (χ1n) is 7.31. The van der Waals surface area contributed by atoms with Crippen molar-refractivity contribution < 1.29 is 4.79 Å². The van der Waals surface area contributed by atoms with Crippen LogP contribution in [0.25, 0.3) is 0 Å². The minimum absolute atomic E-state index is 0.0150. The van der Waals surface area contributed by atoms with E-state index in [1.807, 2.05) is 4.90 Å². The number of hydrogen-bond donors (Lipinski definition) is 1. The molecule has 1 N–H and O–H groups in total. The van der Waals surface area contributed by atoms with Crippen molar-refractivity contribution in [2.45, 2.75) is 58.3 Å². The average Bonchev–Trinajstić information content (AvgIpc) is 3.11. The molecule has 2 unspecified atom stereocenters. The van der Waals surface area contributed by atoms with Crippen molar-refractivity contribution in [3.05, 3.63) is 0 Å². The number of amides is 1. The molecule has 0 aromatic rings. The predicted octanol–water partition coefficient (Wildman–Crippen LogP) is 1.27. The van der Waals surface area contributed by atoms with Crippen LogP contribution in [0.3, 0.4) is 0 Å². The molecule has 18 heavy (non-hydrogen) atoms. The van der Waals surface area contributed by atoms with Crippen molar-refractivity contribution in [2.75, 3.05) is 20.1 Å². The Morgan fingerprint density at radius 2 is 2.11 bits per heavy atom. The lowest BCUT2D eigenvalue weighted by molar-refractivity contribution is -0.130. The number of nitrogens with one attached hydrogen (secondary N) is 1. The molecule has 0 aromatic carbocycles. The number of rotatable bonds is 6. The second kappa shape index (κ2) is 5.57. The maximum absolute atomic E-state index is 12.4. The number of likely N-dealkylation sites (N-methyl/N-ethyl adjacent to an activating group) is 1. The lowest BCUT2D eigenvalue weighted by atomic mass is 10.1. The van der Waals surface area contributed by atoms with Gasteiger partial charge in [0.1, 0.15) is 0 Å². The zero-order valence-electron chi connectivity index (χ0n) is 12.1. The van der Waals surface area contributed by atoms with Gasteiger partial charge < -0.3 is 9.80 Å². The molecule has 1 aliphatic carbocycles. The van der Waals surface area contributed by atoms with Crippen molar-refractivity contribution in [1.29, 1.82) is 0 Å². The van der Waals surface area contributed by atoms with Crippen LogP contribution < -0.4 is 5.32 Å². The van der Waals surface area contributed by atoms with Gasteiger partial charge in [0.15, 0.2) is 0 Å². The maximum atomic E-state index is 12.4. The molecule has 4 heteroatoms. The minimum atomic E-state index is 0.0150. The molecule has 1 amide bonds. The van der Waals surface area contributed by atoms with Crippen LogP contribution in [0, 0.1) is 5.92 Å². The Morgan fingerprint density at radius 3 is 2.61 bits per heavy atom. The van der Waals surface area contributed by atoms with Crippen LogP contribution in [0.4, 0.5) is 0 Å². The number of carbonyl (C=O) groups excluding carboxylic acids is 1. The molecular weight excluding hydrogens is 226 g/mol. The lowest BCUT2D eigenvalue weighted by Gasteiger charge is -2.26. The SMILES string of the molecule is CCC1NC(C(C)C)C(=O)N1CCN(C)C1CC1. The predicted molar refractivity (Wildman–Crippen MR) is 73.2 cm³/mol. The van der Waals surface area contributed by atoms with Gasteiger partial charge in [0.05, 0.1) is 12.2 Å². The second-order valence-corrected chi connectivity index (χ2v) is 6.06. The quantitative estimate of drug-likeness (QED) is 0.774. The van der Waals surface area contributed by atoms with Gasteiger partial charge in [0, 0.05) is 19.1 Å². The number of hydrogen-bond acceptors (Lipinski definition) is 3. The van der Waals surface area contributed by atoms with Crippen LogP contribution in [-0.2, 0) is 4.79 Å². The molecule has 1 heterocycles. The van der Waals surface area contributed by atoms with Crippen molar-refractivity contribution in [1.82, 2.24) is 15.1 Å². The molecule has 4 nitrogen and oxygen atoms in total. The summed E-state index contributed by atoms with van der Waals surface area (Å²) in [6.07, 6.45) is 3.88. The molecule has 0 bridgehead atoms. The summed E-state index contributed by atoms with van der Waals surface area (Å²) in [5.41, 5.74) is 0. The Hall–Kier alpha value is -0.610. The number of nitrogens with zero attached hydrogens (tertiary/aromatic N) is 2. The zero-order valence-corrected chi connectivity index (χ0v) is 12.1. The van der Waals surface area contributed by atoms with Crippen LogP contribution in [0.1, 0.15) is 40.0 Å². The van der Waals surface area contributed by atoms with E-state index in [9.17, 15) is 4.79 Å². The Morgan fingerprint density at radius 1 is 1.44 bits per heavy atom. The normalized spacial score (nSPS) is 28.8. The highest BCUT2D eigenvalue weighted by Crippen LogP contribution is 2.25. The summed E-state index contributed by atoms with van der Waals surface area (Å²) in [5, 5.41) is 3.47. The molecule has 2 rings (SSSR count). The third-order valence-corrected chi connectivity index (χ3v) is 4.21. The molecule has 0 aromatic heterocycles. The molecule has 0 radical (unpaired) electrons. The lowest BCUT2D eigenvalue weighted by Crippen LogP contribution is -2.41. The average molecular weight is 253 g/mol. The zero-order chi connectivity index (χ0) is 13.3. The van der Waals surface area contributed by atoms with Crippen LogP contribution in [0.5, 0.6) is 0 Å². The van der Waals surface area contributed by atoms with Crippen molar-refractivity contribution in [2.24, 2.45) is 5.92 Å². The van der Waals surface area contributed by atoms with E-state index in [-0.39, 0.29) is 12.2 Å². The second-order valence-electron chi connectivity index (χ2n) is 6.06. The van der Waals surface area contributed by atoms with E-state index in [4.69, 9.17) is 0 Å². The van der Waals surface area contributed by atoms with Crippen LogP contribution in [-0.4, -0.2) is 54.1 Å². The first-order valence-corrected chi connectivity index (χ1v) is 7.31. The highest BCUT2D eigenvalue weighted by molar-refractivity contribution is 5.84. The largest absolute Gasteiger partial charge is 0.325 e. The van der Waals surface area contributed by atoms with Gasteiger partial charge in [0.2, 0.25) is 5.91 Å². The van der Waals surface area contributed by atoms with Crippen molar-refractivity contribution in [3.63, 3.8) is 0 Å². The van der Waals surface area contributed by atoms with Gasteiger partial charge in [-0.2, -0.15) is 0 Å². The van der Waals surface area contributed by atoms with Gasteiger partial charge in [-0.1, -0.05) is 20.8 Å². The topological polar surface area (TPSA) is 35.6 Å². The van der Waals surface area contributed by atoms with E-state index in [1.165, 1.54) is 12.8 Å². The maximum Gasteiger partial charge on any atom is 0.241 e. The van der Waals surface area contributed by atoms with Crippen LogP contribution in [0.2, 0.25) is 0 Å². The van der Waals surface area contributed by atoms with Gasteiger partial charge in [-0.15, -0.1) is 0 Å². The summed E-state index contributed by atoms with van der Waals surface area (Å²) in [5.74, 6) is 0.666. The smallest absolute Gasteiger partial charge is 0.241 e. The Balaban J connectivity index is 1.90. The first kappa shape index (κ1) is 13.8. The molecule has 1 aliphatic heterocycles. The molecule has 104 valence electrons. The van der Waals surface area contributed by atoms with E-state index in [2.05, 4.69) is 38.0 Å². The monoisotopic (exact) mass is 253 g/mol. The van der Waals surface area contributed by atoms with Crippen LogP contribution >= 0.6 is 0 Å². The van der Waals surface area contributed by atoms with Gasteiger partial charge in [-0.3, -0.25) is 10.1 Å². The standard InChI is InChI=1S/C14H27N3O/c1-5-12-15-13(10(2)3)14(18)17(12)9-8-16(4)11-6-7-11/h10-13,15H,5-9H2,1-4H3. The van der Waals surface area contributed by atoms with Crippen molar-refractivity contribution >= 4 is 5.91 Å². The fourth-order valence-corrected chi connectivity index (χ4v) is 2.75. The van der Waals surface area contributed by atoms with E-state index in [0.29, 0.717) is 11.8 Å². The van der Waals surface area contributed by atoms with Gasteiger partial charge in [-0.25, -0.2) is 0 Å². The van der Waals surface area contributed by atoms with Crippen molar-refractivity contribution in [3.8, 4) is 0 Å². The Bertz CT molecular complexity index is 301. The molecule has 2 aliphatic rings. The fraction of sp³-hybridized carbons (Fsp3) is 0.929. The summed E-state index contributed by atoms with van der Waals surface area (Å²) < 4.78 is 0. The van der Waals surface area contributed by atoms with E-state index < -0.39 is 0 Å². The van der Waals surface area contributed by atoms with E-state index in [0.717, 1.165) is 25.6 Å².